The number of aryl methyl sites for hydroxylation is 1. The molecule has 5 heteroatoms. The molecule has 0 heterocycles. The lowest BCUT2D eigenvalue weighted by Crippen LogP contribution is -2.22. The average molecular weight is 457 g/mol. The topological polar surface area (TPSA) is 18.5 Å². The Bertz CT molecular complexity index is 1020. The molecular formula is C28H31F3O2. The molecule has 0 aliphatic heterocycles. The number of hydrogen-bond acceptors (Lipinski definition) is 2. The fourth-order valence-electron chi connectivity index (χ4n) is 4.13. The van der Waals surface area contributed by atoms with Gasteiger partial charge in [-0.25, -0.2) is 13.2 Å². The second-order valence-corrected chi connectivity index (χ2v) is 8.48. The zero-order valence-corrected chi connectivity index (χ0v) is 19.3. The zero-order valence-electron chi connectivity index (χ0n) is 19.3. The van der Waals surface area contributed by atoms with Crippen LogP contribution in [-0.4, -0.2) is 19.3 Å². The third kappa shape index (κ3) is 6.38. The lowest BCUT2D eigenvalue weighted by atomic mass is 9.82. The SMILES string of the molecule is C=C(/C=C(/F)C(=C)COC1CCC(c2ccc(-c3ccc(C)cc3)c(F)c2F)CC1)OCC. The maximum Gasteiger partial charge on any atom is 0.166 e. The number of ether oxygens (including phenoxy) is 2. The molecule has 0 radical (unpaired) electrons. The van der Waals surface area contributed by atoms with E-state index in [1.807, 2.05) is 19.1 Å². The fourth-order valence-corrected chi connectivity index (χ4v) is 4.13. The Morgan fingerprint density at radius 2 is 1.67 bits per heavy atom. The van der Waals surface area contributed by atoms with E-state index in [4.69, 9.17) is 9.47 Å². The molecule has 33 heavy (non-hydrogen) atoms. The zero-order chi connectivity index (χ0) is 24.0. The predicted molar refractivity (Wildman–Crippen MR) is 127 cm³/mol. The van der Waals surface area contributed by atoms with Gasteiger partial charge in [-0.15, -0.1) is 0 Å². The molecule has 0 saturated heterocycles. The van der Waals surface area contributed by atoms with E-state index in [2.05, 4.69) is 13.2 Å². The summed E-state index contributed by atoms with van der Waals surface area (Å²) in [5, 5.41) is 0. The smallest absolute Gasteiger partial charge is 0.166 e. The molecule has 1 fully saturated rings. The van der Waals surface area contributed by atoms with Crippen molar-refractivity contribution in [2.75, 3.05) is 13.2 Å². The van der Waals surface area contributed by atoms with Crippen LogP contribution in [0.3, 0.4) is 0 Å². The highest BCUT2D eigenvalue weighted by atomic mass is 19.2. The van der Waals surface area contributed by atoms with E-state index in [-0.39, 0.29) is 35.5 Å². The van der Waals surface area contributed by atoms with E-state index in [9.17, 15) is 13.2 Å². The van der Waals surface area contributed by atoms with E-state index in [0.29, 0.717) is 43.4 Å². The summed E-state index contributed by atoms with van der Waals surface area (Å²) in [6.45, 7) is 11.6. The van der Waals surface area contributed by atoms with Crippen LogP contribution in [0, 0.1) is 18.6 Å². The third-order valence-electron chi connectivity index (χ3n) is 6.04. The fraction of sp³-hybridized carbons (Fsp3) is 0.357. The molecule has 3 rings (SSSR count). The van der Waals surface area contributed by atoms with Gasteiger partial charge in [-0.2, -0.15) is 0 Å². The standard InChI is InChI=1S/C28H31F3O2/c1-5-32-20(4)16-26(29)19(3)17-33-23-12-10-22(11-13-23)25-15-14-24(27(30)28(25)31)21-8-6-18(2)7-9-21/h6-9,14-16,22-23H,3-5,10-13,17H2,1-2H3/b26-16+. The maximum absolute atomic E-state index is 14.9. The molecule has 2 nitrogen and oxygen atoms in total. The van der Waals surface area contributed by atoms with E-state index in [1.54, 1.807) is 31.2 Å². The summed E-state index contributed by atoms with van der Waals surface area (Å²) in [6.07, 6.45) is 3.86. The highest BCUT2D eigenvalue weighted by Crippen LogP contribution is 2.38. The Hall–Kier alpha value is -2.79. The van der Waals surface area contributed by atoms with Gasteiger partial charge in [0.2, 0.25) is 0 Å². The molecule has 2 aromatic carbocycles. The van der Waals surface area contributed by atoms with Crippen LogP contribution >= 0.6 is 0 Å². The van der Waals surface area contributed by atoms with Gasteiger partial charge in [-0.1, -0.05) is 55.1 Å². The van der Waals surface area contributed by atoms with Crippen LogP contribution in [0.5, 0.6) is 0 Å². The molecule has 0 aromatic heterocycles. The Kier molecular flexibility index (Phi) is 8.56. The van der Waals surface area contributed by atoms with E-state index < -0.39 is 17.5 Å². The van der Waals surface area contributed by atoms with E-state index >= 15 is 0 Å². The van der Waals surface area contributed by atoms with E-state index in [1.165, 1.54) is 6.08 Å². The molecule has 0 atom stereocenters. The summed E-state index contributed by atoms with van der Waals surface area (Å²) in [4.78, 5) is 0. The quantitative estimate of drug-likeness (QED) is 0.282. The second-order valence-electron chi connectivity index (χ2n) is 8.48. The Morgan fingerprint density at radius 3 is 2.30 bits per heavy atom. The van der Waals surface area contributed by atoms with Gasteiger partial charge in [0, 0.05) is 17.2 Å². The average Bonchev–Trinajstić information content (AvgIpc) is 2.80. The summed E-state index contributed by atoms with van der Waals surface area (Å²) >= 11 is 0. The first-order valence-corrected chi connectivity index (χ1v) is 11.3. The summed E-state index contributed by atoms with van der Waals surface area (Å²) in [5.41, 5.74) is 2.63. The van der Waals surface area contributed by atoms with Crippen LogP contribution < -0.4 is 0 Å². The number of benzene rings is 2. The predicted octanol–water partition coefficient (Wildman–Crippen LogP) is 7.94. The maximum atomic E-state index is 14.9. The van der Waals surface area contributed by atoms with E-state index in [0.717, 1.165) is 5.56 Å². The highest BCUT2D eigenvalue weighted by Gasteiger charge is 2.27. The molecule has 1 saturated carbocycles. The van der Waals surface area contributed by atoms with Crippen molar-refractivity contribution in [1.29, 1.82) is 0 Å². The van der Waals surface area contributed by atoms with Crippen molar-refractivity contribution in [3.63, 3.8) is 0 Å². The number of rotatable bonds is 9. The lowest BCUT2D eigenvalue weighted by Gasteiger charge is -2.29. The molecule has 0 bridgehead atoms. The first-order chi connectivity index (χ1) is 15.8. The van der Waals surface area contributed by atoms with Crippen LogP contribution in [0.1, 0.15) is 49.7 Å². The third-order valence-corrected chi connectivity index (χ3v) is 6.04. The van der Waals surface area contributed by atoms with Crippen LogP contribution in [0.2, 0.25) is 0 Å². The summed E-state index contributed by atoms with van der Waals surface area (Å²) in [6, 6.07) is 10.7. The monoisotopic (exact) mass is 456 g/mol. The minimum Gasteiger partial charge on any atom is -0.494 e. The van der Waals surface area contributed by atoms with Crippen molar-refractivity contribution in [2.24, 2.45) is 0 Å². The first kappa shape index (κ1) is 24.8. The van der Waals surface area contributed by atoms with Gasteiger partial charge >= 0.3 is 0 Å². The summed E-state index contributed by atoms with van der Waals surface area (Å²) in [5.74, 6) is -1.93. The lowest BCUT2D eigenvalue weighted by molar-refractivity contribution is 0.0382. The Balaban J connectivity index is 1.56. The minimum atomic E-state index is -0.804. The van der Waals surface area contributed by atoms with Crippen molar-refractivity contribution in [3.8, 4) is 11.1 Å². The van der Waals surface area contributed by atoms with Crippen molar-refractivity contribution in [3.05, 3.63) is 95.6 Å². The number of halogens is 3. The van der Waals surface area contributed by atoms with Crippen molar-refractivity contribution < 1.29 is 22.6 Å². The molecule has 0 amide bonds. The molecule has 1 aliphatic rings. The van der Waals surface area contributed by atoms with Gasteiger partial charge in [-0.05, 0) is 56.6 Å². The largest absolute Gasteiger partial charge is 0.494 e. The number of hydrogen-bond donors (Lipinski definition) is 0. The van der Waals surface area contributed by atoms with Crippen LogP contribution in [0.15, 0.2) is 72.8 Å². The van der Waals surface area contributed by atoms with Gasteiger partial charge in [-0.3, -0.25) is 0 Å². The van der Waals surface area contributed by atoms with Crippen molar-refractivity contribution in [1.82, 2.24) is 0 Å². The second kappa shape index (κ2) is 11.4. The molecule has 1 aliphatic carbocycles. The van der Waals surface area contributed by atoms with Gasteiger partial charge in [0.25, 0.3) is 0 Å². The summed E-state index contributed by atoms with van der Waals surface area (Å²) < 4.78 is 54.8. The Labute approximate surface area is 194 Å². The molecule has 2 aromatic rings. The summed E-state index contributed by atoms with van der Waals surface area (Å²) in [7, 11) is 0. The highest BCUT2D eigenvalue weighted by molar-refractivity contribution is 5.65. The minimum absolute atomic E-state index is 0.0608. The van der Waals surface area contributed by atoms with Gasteiger partial charge < -0.3 is 9.47 Å². The van der Waals surface area contributed by atoms with Gasteiger partial charge in [0.05, 0.1) is 19.3 Å². The van der Waals surface area contributed by atoms with Gasteiger partial charge in [0.1, 0.15) is 11.6 Å². The van der Waals surface area contributed by atoms with Crippen molar-refractivity contribution in [2.45, 2.75) is 51.6 Å². The molecule has 0 spiro atoms. The molecule has 0 unspecified atom stereocenters. The van der Waals surface area contributed by atoms with Gasteiger partial charge in [0.15, 0.2) is 11.6 Å². The Morgan fingerprint density at radius 1 is 1.00 bits per heavy atom. The normalized spacial score (nSPS) is 18.8. The number of allylic oxidation sites excluding steroid dienone is 1. The first-order valence-electron chi connectivity index (χ1n) is 11.3. The van der Waals surface area contributed by atoms with Crippen LogP contribution in [0.4, 0.5) is 13.2 Å². The van der Waals surface area contributed by atoms with Crippen LogP contribution in [0.25, 0.3) is 11.1 Å². The van der Waals surface area contributed by atoms with Crippen molar-refractivity contribution >= 4 is 0 Å². The molecule has 0 N–H and O–H groups in total. The molecule has 176 valence electrons. The molecular weight excluding hydrogens is 425 g/mol. The van der Waals surface area contributed by atoms with Crippen LogP contribution in [-0.2, 0) is 9.47 Å².